The van der Waals surface area contributed by atoms with Crippen molar-refractivity contribution < 1.29 is 24.2 Å². The number of esters is 1. The van der Waals surface area contributed by atoms with Gasteiger partial charge in [-0.2, -0.15) is 0 Å². The van der Waals surface area contributed by atoms with Crippen LogP contribution in [-0.2, 0) is 14.3 Å². The summed E-state index contributed by atoms with van der Waals surface area (Å²) in [5, 5.41) is 8.96. The van der Waals surface area contributed by atoms with Gasteiger partial charge in [0, 0.05) is 5.92 Å². The maximum absolute atomic E-state index is 11.2. The van der Waals surface area contributed by atoms with Gasteiger partial charge in [-0.25, -0.2) is 4.79 Å². The van der Waals surface area contributed by atoms with Crippen LogP contribution in [0.2, 0.25) is 0 Å². The molecule has 0 amide bonds. The molecule has 1 aliphatic rings. The maximum Gasteiger partial charge on any atom is 0.345 e. The van der Waals surface area contributed by atoms with E-state index >= 15 is 0 Å². The second-order valence-corrected chi connectivity index (χ2v) is 3.83. The Kier molecular flexibility index (Phi) is 2.99. The van der Waals surface area contributed by atoms with Gasteiger partial charge < -0.3 is 14.6 Å². The molecule has 90 valence electrons. The first-order chi connectivity index (χ1) is 8.11. The van der Waals surface area contributed by atoms with Crippen LogP contribution in [0.4, 0.5) is 0 Å². The quantitative estimate of drug-likeness (QED) is 0.798. The van der Waals surface area contributed by atoms with Crippen molar-refractivity contribution in [3.05, 3.63) is 29.8 Å². The summed E-state index contributed by atoms with van der Waals surface area (Å²) >= 11 is 0. The zero-order valence-electron chi connectivity index (χ0n) is 9.25. The number of rotatable bonds is 3. The van der Waals surface area contributed by atoms with Gasteiger partial charge in [-0.15, -0.1) is 0 Å². The summed E-state index contributed by atoms with van der Waals surface area (Å²) in [6.45, 7) is 0. The lowest BCUT2D eigenvalue weighted by atomic mass is 9.92. The Balaban J connectivity index is 2.25. The highest BCUT2D eigenvalue weighted by atomic mass is 16.6. The highest BCUT2D eigenvalue weighted by molar-refractivity contribution is 5.84. The van der Waals surface area contributed by atoms with E-state index in [0.717, 1.165) is 5.56 Å². The van der Waals surface area contributed by atoms with Crippen LogP contribution in [0.5, 0.6) is 5.75 Å². The summed E-state index contributed by atoms with van der Waals surface area (Å²) in [4.78, 5) is 22.1. The molecule has 1 aromatic carbocycles. The van der Waals surface area contributed by atoms with Crippen LogP contribution in [0.25, 0.3) is 0 Å². The number of carboxylic acid groups (broad SMARTS) is 1. The fourth-order valence-electron chi connectivity index (χ4n) is 1.92. The molecule has 1 heterocycles. The van der Waals surface area contributed by atoms with Crippen molar-refractivity contribution in [3.63, 3.8) is 0 Å². The average Bonchev–Trinajstić information content (AvgIpc) is 2.72. The van der Waals surface area contributed by atoms with Gasteiger partial charge in [0.2, 0.25) is 6.10 Å². The van der Waals surface area contributed by atoms with Gasteiger partial charge in [0.05, 0.1) is 13.5 Å². The summed E-state index contributed by atoms with van der Waals surface area (Å²) in [6.07, 6.45) is -0.987. The molecule has 1 aromatic rings. The third-order valence-electron chi connectivity index (χ3n) is 2.80. The van der Waals surface area contributed by atoms with Crippen LogP contribution in [0.15, 0.2) is 24.3 Å². The van der Waals surface area contributed by atoms with E-state index in [2.05, 4.69) is 0 Å². The monoisotopic (exact) mass is 236 g/mol. The van der Waals surface area contributed by atoms with Crippen LogP contribution in [0.1, 0.15) is 17.9 Å². The van der Waals surface area contributed by atoms with E-state index in [-0.39, 0.29) is 6.42 Å². The highest BCUT2D eigenvalue weighted by Crippen LogP contribution is 2.33. The second-order valence-electron chi connectivity index (χ2n) is 3.83. The first-order valence-corrected chi connectivity index (χ1v) is 5.18. The van der Waals surface area contributed by atoms with Gasteiger partial charge >= 0.3 is 11.9 Å². The van der Waals surface area contributed by atoms with E-state index in [9.17, 15) is 9.59 Å². The molecule has 0 radical (unpaired) electrons. The Labute approximate surface area is 98.0 Å². The fraction of sp³-hybridized carbons (Fsp3) is 0.333. The number of carboxylic acids is 1. The van der Waals surface area contributed by atoms with Crippen molar-refractivity contribution in [2.45, 2.75) is 18.4 Å². The Bertz CT molecular complexity index is 437. The third kappa shape index (κ3) is 2.22. The predicted octanol–water partition coefficient (Wildman–Crippen LogP) is 1.18. The molecule has 1 fully saturated rings. The molecule has 0 aliphatic carbocycles. The van der Waals surface area contributed by atoms with E-state index in [0.29, 0.717) is 5.75 Å². The van der Waals surface area contributed by atoms with Gasteiger partial charge in [0.1, 0.15) is 5.75 Å². The molecule has 1 saturated heterocycles. The molecular formula is C12H12O5. The zero-order valence-corrected chi connectivity index (χ0v) is 9.25. The van der Waals surface area contributed by atoms with Gasteiger partial charge in [-0.1, -0.05) is 12.1 Å². The third-order valence-corrected chi connectivity index (χ3v) is 2.80. The van der Waals surface area contributed by atoms with Crippen LogP contribution in [0, 0.1) is 0 Å². The van der Waals surface area contributed by atoms with Gasteiger partial charge in [-0.05, 0) is 17.7 Å². The summed E-state index contributed by atoms with van der Waals surface area (Å²) in [5.41, 5.74) is 0.768. The first-order valence-electron chi connectivity index (χ1n) is 5.18. The maximum atomic E-state index is 11.2. The SMILES string of the molecule is COc1ccc(C2CC(=O)OC2C(=O)O)cc1. The van der Waals surface area contributed by atoms with Crippen molar-refractivity contribution in [3.8, 4) is 5.75 Å². The summed E-state index contributed by atoms with van der Waals surface area (Å²) in [6, 6.07) is 6.97. The number of methoxy groups -OCH3 is 1. The molecule has 1 aliphatic heterocycles. The predicted molar refractivity (Wildman–Crippen MR) is 57.9 cm³/mol. The fourth-order valence-corrected chi connectivity index (χ4v) is 1.92. The Morgan fingerprint density at radius 3 is 2.59 bits per heavy atom. The Morgan fingerprint density at radius 2 is 2.06 bits per heavy atom. The number of hydrogen-bond donors (Lipinski definition) is 1. The van der Waals surface area contributed by atoms with Gasteiger partial charge in [0.25, 0.3) is 0 Å². The molecule has 17 heavy (non-hydrogen) atoms. The number of cyclic esters (lactones) is 1. The van der Waals surface area contributed by atoms with Gasteiger partial charge in [0.15, 0.2) is 0 Å². The van der Waals surface area contributed by atoms with E-state index in [1.807, 2.05) is 0 Å². The largest absolute Gasteiger partial charge is 0.497 e. The summed E-state index contributed by atoms with van der Waals surface area (Å²) in [7, 11) is 1.55. The topological polar surface area (TPSA) is 72.8 Å². The molecule has 2 atom stereocenters. The number of hydrogen-bond acceptors (Lipinski definition) is 4. The number of carbonyl (C=O) groups excluding carboxylic acids is 1. The van der Waals surface area contributed by atoms with Crippen molar-refractivity contribution in [1.29, 1.82) is 0 Å². The molecule has 0 saturated carbocycles. The van der Waals surface area contributed by atoms with Crippen LogP contribution >= 0.6 is 0 Å². The minimum Gasteiger partial charge on any atom is -0.497 e. The smallest absolute Gasteiger partial charge is 0.345 e. The molecular weight excluding hydrogens is 224 g/mol. The van der Waals surface area contributed by atoms with Gasteiger partial charge in [-0.3, -0.25) is 4.79 Å². The summed E-state index contributed by atoms with van der Waals surface area (Å²) < 4.78 is 9.79. The van der Waals surface area contributed by atoms with Crippen LogP contribution in [-0.4, -0.2) is 30.3 Å². The lowest BCUT2D eigenvalue weighted by Gasteiger charge is -2.13. The zero-order chi connectivity index (χ0) is 12.4. The molecule has 0 bridgehead atoms. The van der Waals surface area contributed by atoms with E-state index in [4.69, 9.17) is 14.6 Å². The molecule has 2 unspecified atom stereocenters. The van der Waals surface area contributed by atoms with Crippen LogP contribution < -0.4 is 4.74 Å². The van der Waals surface area contributed by atoms with Crippen molar-refractivity contribution in [2.24, 2.45) is 0 Å². The Morgan fingerprint density at radius 1 is 1.41 bits per heavy atom. The molecule has 0 spiro atoms. The minimum absolute atomic E-state index is 0.100. The van der Waals surface area contributed by atoms with E-state index in [1.165, 1.54) is 0 Å². The molecule has 5 heteroatoms. The van der Waals surface area contributed by atoms with E-state index in [1.54, 1.807) is 31.4 Å². The molecule has 0 aromatic heterocycles. The normalized spacial score (nSPS) is 23.2. The number of aliphatic carboxylic acids is 1. The number of carbonyl (C=O) groups is 2. The number of benzene rings is 1. The minimum atomic E-state index is -1.11. The van der Waals surface area contributed by atoms with Crippen LogP contribution in [0.3, 0.4) is 0 Å². The second kappa shape index (κ2) is 4.45. The molecule has 2 rings (SSSR count). The lowest BCUT2D eigenvalue weighted by molar-refractivity contribution is -0.157. The van der Waals surface area contributed by atoms with E-state index < -0.39 is 24.0 Å². The Hall–Kier alpha value is -2.04. The lowest BCUT2D eigenvalue weighted by Crippen LogP contribution is -2.25. The van der Waals surface area contributed by atoms with Crippen molar-refractivity contribution in [1.82, 2.24) is 0 Å². The molecule has 1 N–H and O–H groups in total. The average molecular weight is 236 g/mol. The summed E-state index contributed by atoms with van der Waals surface area (Å²) in [5.74, 6) is -1.33. The van der Waals surface area contributed by atoms with Crippen molar-refractivity contribution >= 4 is 11.9 Å². The number of ether oxygens (including phenoxy) is 2. The highest BCUT2D eigenvalue weighted by Gasteiger charge is 2.40. The standard InChI is InChI=1S/C12H12O5/c1-16-8-4-2-7(3-5-8)9-6-10(13)17-11(9)12(14)15/h2-5,9,11H,6H2,1H3,(H,14,15). The molecule has 5 nitrogen and oxygen atoms in total. The van der Waals surface area contributed by atoms with Crippen molar-refractivity contribution in [2.75, 3.05) is 7.11 Å². The first kappa shape index (κ1) is 11.4.